The highest BCUT2D eigenvalue weighted by atomic mass is 15.1. The van der Waals surface area contributed by atoms with Crippen LogP contribution < -0.4 is 5.32 Å². The summed E-state index contributed by atoms with van der Waals surface area (Å²) in [5.74, 6) is 1.94. The minimum Gasteiger partial charge on any atom is -0.327 e. The zero-order valence-electron chi connectivity index (χ0n) is 12.8. The van der Waals surface area contributed by atoms with Crippen LogP contribution in [-0.4, -0.2) is 22.6 Å². The van der Waals surface area contributed by atoms with E-state index >= 15 is 0 Å². The van der Waals surface area contributed by atoms with E-state index in [4.69, 9.17) is 4.98 Å². The second-order valence-corrected chi connectivity index (χ2v) is 7.00. The third-order valence-electron chi connectivity index (χ3n) is 4.17. The van der Waals surface area contributed by atoms with E-state index in [0.29, 0.717) is 0 Å². The maximum absolute atomic E-state index is 4.89. The number of aromatic nitrogens is 2. The second-order valence-electron chi connectivity index (χ2n) is 7.00. The van der Waals surface area contributed by atoms with Gasteiger partial charge in [0.25, 0.3) is 0 Å². The predicted octanol–water partition coefficient (Wildman–Crippen LogP) is 3.33. The van der Waals surface area contributed by atoms with E-state index in [-0.39, 0.29) is 5.41 Å². The van der Waals surface area contributed by atoms with Gasteiger partial charge in [-0.05, 0) is 44.0 Å². The zero-order chi connectivity index (χ0) is 14.2. The fourth-order valence-electron chi connectivity index (χ4n) is 3.17. The minimum atomic E-state index is 0.0844. The van der Waals surface area contributed by atoms with E-state index in [0.717, 1.165) is 24.5 Å². The molecule has 1 fully saturated rings. The van der Waals surface area contributed by atoms with E-state index in [1.165, 1.54) is 30.7 Å². The number of nitrogens with one attached hydrogen (secondary N) is 1. The van der Waals surface area contributed by atoms with Crippen LogP contribution >= 0.6 is 0 Å². The molecular weight excluding hydrogens is 246 g/mol. The van der Waals surface area contributed by atoms with Crippen LogP contribution in [0.5, 0.6) is 0 Å². The molecule has 1 atom stereocenters. The average Bonchev–Trinajstić information content (AvgIpc) is 2.79. The molecule has 2 heterocycles. The molecule has 0 saturated carbocycles. The molecule has 20 heavy (non-hydrogen) atoms. The summed E-state index contributed by atoms with van der Waals surface area (Å²) in [6, 6.07) is 8.52. The lowest BCUT2D eigenvalue weighted by molar-refractivity contribution is 0.330. The maximum atomic E-state index is 4.89. The Morgan fingerprint density at radius 3 is 2.80 bits per heavy atom. The van der Waals surface area contributed by atoms with Gasteiger partial charge in [0.1, 0.15) is 5.82 Å². The molecule has 0 bridgehead atoms. The van der Waals surface area contributed by atoms with Crippen LogP contribution in [0.2, 0.25) is 0 Å². The van der Waals surface area contributed by atoms with Gasteiger partial charge in [-0.3, -0.25) is 0 Å². The Hall–Kier alpha value is -1.35. The van der Waals surface area contributed by atoms with Crippen LogP contribution in [-0.2, 0) is 12.0 Å². The van der Waals surface area contributed by atoms with Crippen LogP contribution in [0.1, 0.15) is 39.4 Å². The molecule has 1 aromatic heterocycles. The van der Waals surface area contributed by atoms with Gasteiger partial charge in [-0.1, -0.05) is 32.9 Å². The molecule has 3 heteroatoms. The number of nitrogens with zero attached hydrogens (tertiary/aromatic N) is 2. The van der Waals surface area contributed by atoms with E-state index < -0.39 is 0 Å². The summed E-state index contributed by atoms with van der Waals surface area (Å²) in [4.78, 5) is 4.89. The number of imidazole rings is 1. The summed E-state index contributed by atoms with van der Waals surface area (Å²) in [6.07, 6.45) is 2.62. The van der Waals surface area contributed by atoms with Crippen molar-refractivity contribution in [2.45, 2.75) is 45.6 Å². The SMILES string of the molecule is CC(C)(C)c1nc2ccccc2n1CC1CCCNC1. The molecule has 108 valence electrons. The topological polar surface area (TPSA) is 29.9 Å². The molecule has 3 nitrogen and oxygen atoms in total. The lowest BCUT2D eigenvalue weighted by atomic mass is 9.94. The quantitative estimate of drug-likeness (QED) is 0.908. The van der Waals surface area contributed by atoms with Crippen molar-refractivity contribution >= 4 is 11.0 Å². The van der Waals surface area contributed by atoms with Gasteiger partial charge < -0.3 is 9.88 Å². The number of hydrogen-bond acceptors (Lipinski definition) is 2. The van der Waals surface area contributed by atoms with Gasteiger partial charge in [-0.15, -0.1) is 0 Å². The first kappa shape index (κ1) is 13.6. The van der Waals surface area contributed by atoms with Crippen molar-refractivity contribution < 1.29 is 0 Å². The molecule has 1 N–H and O–H groups in total. The normalized spacial score (nSPS) is 20.4. The highest BCUT2D eigenvalue weighted by molar-refractivity contribution is 5.76. The van der Waals surface area contributed by atoms with E-state index in [9.17, 15) is 0 Å². The molecule has 1 saturated heterocycles. The molecular formula is C17H25N3. The summed E-state index contributed by atoms with van der Waals surface area (Å²) in [5.41, 5.74) is 2.49. The summed E-state index contributed by atoms with van der Waals surface area (Å²) in [6.45, 7) is 10.2. The first-order chi connectivity index (χ1) is 9.55. The van der Waals surface area contributed by atoms with E-state index in [1.807, 2.05) is 0 Å². The van der Waals surface area contributed by atoms with Crippen molar-refractivity contribution in [1.29, 1.82) is 0 Å². The van der Waals surface area contributed by atoms with Crippen molar-refractivity contribution in [2.24, 2.45) is 5.92 Å². The average molecular weight is 271 g/mol. The van der Waals surface area contributed by atoms with Crippen LogP contribution in [0.3, 0.4) is 0 Å². The Kier molecular flexibility index (Phi) is 3.55. The lowest BCUT2D eigenvalue weighted by Gasteiger charge is -2.26. The monoisotopic (exact) mass is 271 g/mol. The fourth-order valence-corrected chi connectivity index (χ4v) is 3.17. The molecule has 1 aliphatic heterocycles. The van der Waals surface area contributed by atoms with Gasteiger partial charge in [-0.25, -0.2) is 4.98 Å². The van der Waals surface area contributed by atoms with Crippen LogP contribution in [0, 0.1) is 5.92 Å². The largest absolute Gasteiger partial charge is 0.327 e. The number of para-hydroxylation sites is 2. The molecule has 0 aliphatic carbocycles. The Bertz CT molecular complexity index is 586. The lowest BCUT2D eigenvalue weighted by Crippen LogP contribution is -2.33. The molecule has 0 amide bonds. The van der Waals surface area contributed by atoms with Crippen molar-refractivity contribution in [2.75, 3.05) is 13.1 Å². The van der Waals surface area contributed by atoms with Crippen LogP contribution in [0.15, 0.2) is 24.3 Å². The summed E-state index contributed by atoms with van der Waals surface area (Å²) in [7, 11) is 0. The Morgan fingerprint density at radius 1 is 1.30 bits per heavy atom. The molecule has 1 aromatic carbocycles. The highest BCUT2D eigenvalue weighted by Gasteiger charge is 2.24. The van der Waals surface area contributed by atoms with E-state index in [2.05, 4.69) is 54.9 Å². The minimum absolute atomic E-state index is 0.0844. The fraction of sp³-hybridized carbons (Fsp3) is 0.588. The number of piperidine rings is 1. The second kappa shape index (κ2) is 5.21. The number of benzene rings is 1. The predicted molar refractivity (Wildman–Crippen MR) is 84.0 cm³/mol. The highest BCUT2D eigenvalue weighted by Crippen LogP contribution is 2.28. The number of hydrogen-bond donors (Lipinski definition) is 1. The standard InChI is InChI=1S/C17H25N3/c1-17(2,3)16-19-14-8-4-5-9-15(14)20(16)12-13-7-6-10-18-11-13/h4-5,8-9,13,18H,6-7,10-12H2,1-3H3. The van der Waals surface area contributed by atoms with Crippen molar-refractivity contribution in [3.05, 3.63) is 30.1 Å². The van der Waals surface area contributed by atoms with Crippen LogP contribution in [0.4, 0.5) is 0 Å². The van der Waals surface area contributed by atoms with Gasteiger partial charge in [0, 0.05) is 12.0 Å². The van der Waals surface area contributed by atoms with Crippen molar-refractivity contribution in [1.82, 2.24) is 14.9 Å². The Balaban J connectivity index is 2.01. The molecule has 0 spiro atoms. The van der Waals surface area contributed by atoms with Gasteiger partial charge in [-0.2, -0.15) is 0 Å². The van der Waals surface area contributed by atoms with Gasteiger partial charge in [0.05, 0.1) is 11.0 Å². The first-order valence-electron chi connectivity index (χ1n) is 7.72. The van der Waals surface area contributed by atoms with Gasteiger partial charge in [0.2, 0.25) is 0 Å². The van der Waals surface area contributed by atoms with E-state index in [1.54, 1.807) is 0 Å². The van der Waals surface area contributed by atoms with Crippen molar-refractivity contribution in [3.63, 3.8) is 0 Å². The third-order valence-corrected chi connectivity index (χ3v) is 4.17. The number of fused-ring (bicyclic) bond motifs is 1. The molecule has 2 aromatic rings. The summed E-state index contributed by atoms with van der Waals surface area (Å²) >= 11 is 0. The Labute approximate surface area is 121 Å². The maximum Gasteiger partial charge on any atom is 0.115 e. The van der Waals surface area contributed by atoms with Gasteiger partial charge in [0.15, 0.2) is 0 Å². The Morgan fingerprint density at radius 2 is 2.10 bits per heavy atom. The number of rotatable bonds is 2. The molecule has 3 rings (SSSR count). The van der Waals surface area contributed by atoms with Gasteiger partial charge >= 0.3 is 0 Å². The van der Waals surface area contributed by atoms with Crippen molar-refractivity contribution in [3.8, 4) is 0 Å². The smallest absolute Gasteiger partial charge is 0.115 e. The molecule has 1 aliphatic rings. The molecule has 0 radical (unpaired) electrons. The molecule has 1 unspecified atom stereocenters. The first-order valence-corrected chi connectivity index (χ1v) is 7.72. The van der Waals surface area contributed by atoms with Crippen LogP contribution in [0.25, 0.3) is 11.0 Å². The zero-order valence-corrected chi connectivity index (χ0v) is 12.8. The third kappa shape index (κ3) is 2.59. The summed E-state index contributed by atoms with van der Waals surface area (Å²) in [5, 5.41) is 3.52. The summed E-state index contributed by atoms with van der Waals surface area (Å²) < 4.78 is 2.45.